The van der Waals surface area contributed by atoms with Gasteiger partial charge in [0.05, 0.1) is 14.9 Å². The SMILES string of the molecule is CC(NS(=O)(=O)c1cc(Cl)c(Br)s1)c1cccs1. The Hall–Kier alpha value is 0.0800. The maximum absolute atomic E-state index is 12.1. The molecule has 0 aliphatic carbocycles. The Labute approximate surface area is 127 Å². The molecule has 0 amide bonds. The minimum atomic E-state index is -3.53. The van der Waals surface area contributed by atoms with E-state index in [9.17, 15) is 8.42 Å². The molecule has 1 atom stereocenters. The molecule has 18 heavy (non-hydrogen) atoms. The third-order valence-electron chi connectivity index (χ3n) is 2.19. The molecule has 1 N–H and O–H groups in total. The summed E-state index contributed by atoms with van der Waals surface area (Å²) >= 11 is 11.7. The first-order chi connectivity index (χ1) is 8.40. The minimum absolute atomic E-state index is 0.211. The molecule has 0 radical (unpaired) electrons. The van der Waals surface area contributed by atoms with Gasteiger partial charge in [-0.2, -0.15) is 0 Å². The van der Waals surface area contributed by atoms with E-state index in [1.54, 1.807) is 0 Å². The van der Waals surface area contributed by atoms with Crippen LogP contribution < -0.4 is 4.72 Å². The van der Waals surface area contributed by atoms with Crippen LogP contribution in [0.5, 0.6) is 0 Å². The summed E-state index contributed by atoms with van der Waals surface area (Å²) in [4.78, 5) is 0.972. The molecular formula is C10H9BrClNO2S3. The van der Waals surface area contributed by atoms with Crippen LogP contribution in [-0.2, 0) is 10.0 Å². The molecule has 2 aromatic heterocycles. The molecule has 8 heteroatoms. The van der Waals surface area contributed by atoms with E-state index < -0.39 is 10.0 Å². The van der Waals surface area contributed by atoms with Crippen molar-refractivity contribution >= 4 is 60.2 Å². The van der Waals surface area contributed by atoms with E-state index in [1.165, 1.54) is 17.4 Å². The monoisotopic (exact) mass is 385 g/mol. The fourth-order valence-corrected chi connectivity index (χ4v) is 5.79. The van der Waals surface area contributed by atoms with Crippen molar-refractivity contribution in [2.24, 2.45) is 0 Å². The number of thiophene rings is 2. The van der Waals surface area contributed by atoms with Crippen molar-refractivity contribution < 1.29 is 8.42 Å². The van der Waals surface area contributed by atoms with Crippen molar-refractivity contribution in [2.75, 3.05) is 0 Å². The molecular weight excluding hydrogens is 378 g/mol. The highest BCUT2D eigenvalue weighted by Crippen LogP contribution is 2.35. The molecule has 2 aromatic rings. The molecule has 0 saturated carbocycles. The second kappa shape index (κ2) is 5.60. The minimum Gasteiger partial charge on any atom is -0.206 e. The number of sulfonamides is 1. The average Bonchev–Trinajstić information content (AvgIpc) is 2.89. The summed E-state index contributed by atoms with van der Waals surface area (Å²) in [7, 11) is -3.53. The summed E-state index contributed by atoms with van der Waals surface area (Å²) in [5, 5.41) is 2.32. The number of halogens is 2. The van der Waals surface area contributed by atoms with Crippen LogP contribution in [0.25, 0.3) is 0 Å². The lowest BCUT2D eigenvalue weighted by atomic mass is 10.3. The van der Waals surface area contributed by atoms with Gasteiger partial charge in [0.1, 0.15) is 4.21 Å². The number of nitrogens with one attached hydrogen (secondary N) is 1. The van der Waals surface area contributed by atoms with E-state index in [1.807, 2.05) is 24.4 Å². The van der Waals surface area contributed by atoms with Gasteiger partial charge in [-0.1, -0.05) is 17.7 Å². The second-order valence-electron chi connectivity index (χ2n) is 3.55. The van der Waals surface area contributed by atoms with Gasteiger partial charge in [0, 0.05) is 4.88 Å². The largest absolute Gasteiger partial charge is 0.250 e. The van der Waals surface area contributed by atoms with E-state index in [0.717, 1.165) is 16.2 Å². The normalized spacial score (nSPS) is 13.7. The molecule has 1 unspecified atom stereocenters. The van der Waals surface area contributed by atoms with Gasteiger partial charge in [0.2, 0.25) is 0 Å². The lowest BCUT2D eigenvalue weighted by Gasteiger charge is -2.11. The van der Waals surface area contributed by atoms with E-state index in [2.05, 4.69) is 20.7 Å². The van der Waals surface area contributed by atoms with Crippen LogP contribution in [0.15, 0.2) is 31.6 Å². The van der Waals surface area contributed by atoms with Crippen molar-refractivity contribution in [3.05, 3.63) is 37.3 Å². The zero-order valence-corrected chi connectivity index (χ0v) is 14.0. The van der Waals surface area contributed by atoms with E-state index >= 15 is 0 Å². The molecule has 3 nitrogen and oxygen atoms in total. The standard InChI is InChI=1S/C10H9BrClNO2S3/c1-6(8-3-2-4-16-8)13-18(14,15)9-5-7(12)10(11)17-9/h2-6,13H,1H3. The van der Waals surface area contributed by atoms with Gasteiger partial charge >= 0.3 is 0 Å². The summed E-state index contributed by atoms with van der Waals surface area (Å²) in [6.45, 7) is 1.81. The van der Waals surface area contributed by atoms with Crippen LogP contribution in [0.2, 0.25) is 5.02 Å². The highest BCUT2D eigenvalue weighted by atomic mass is 79.9. The quantitative estimate of drug-likeness (QED) is 0.853. The summed E-state index contributed by atoms with van der Waals surface area (Å²) in [5.41, 5.74) is 0. The van der Waals surface area contributed by atoms with Crippen LogP contribution in [-0.4, -0.2) is 8.42 Å². The Bertz CT molecular complexity index is 617. The van der Waals surface area contributed by atoms with Crippen LogP contribution >= 0.6 is 50.2 Å². The predicted octanol–water partition coefficient (Wildman–Crippen LogP) is 4.27. The van der Waals surface area contributed by atoms with Crippen molar-refractivity contribution in [1.29, 1.82) is 0 Å². The predicted molar refractivity (Wildman–Crippen MR) is 80.1 cm³/mol. The van der Waals surface area contributed by atoms with Gasteiger partial charge in [-0.15, -0.1) is 22.7 Å². The van der Waals surface area contributed by atoms with Gasteiger partial charge in [0.25, 0.3) is 10.0 Å². The lowest BCUT2D eigenvalue weighted by Crippen LogP contribution is -2.25. The smallest absolute Gasteiger partial charge is 0.206 e. The highest BCUT2D eigenvalue weighted by Gasteiger charge is 2.22. The van der Waals surface area contributed by atoms with Gasteiger partial charge in [0.15, 0.2) is 0 Å². The average molecular weight is 387 g/mol. The van der Waals surface area contributed by atoms with Crippen molar-refractivity contribution in [1.82, 2.24) is 4.72 Å². The number of hydrogen-bond donors (Lipinski definition) is 1. The van der Waals surface area contributed by atoms with E-state index in [4.69, 9.17) is 11.6 Å². The first kappa shape index (κ1) is 14.5. The highest BCUT2D eigenvalue weighted by molar-refractivity contribution is 9.11. The number of hydrogen-bond acceptors (Lipinski definition) is 4. The molecule has 98 valence electrons. The lowest BCUT2D eigenvalue weighted by molar-refractivity contribution is 0.570. The Balaban J connectivity index is 2.22. The fourth-order valence-electron chi connectivity index (χ4n) is 1.35. The first-order valence-electron chi connectivity index (χ1n) is 4.91. The van der Waals surface area contributed by atoms with E-state index in [-0.39, 0.29) is 10.3 Å². The van der Waals surface area contributed by atoms with Crippen LogP contribution in [0.3, 0.4) is 0 Å². The molecule has 0 saturated heterocycles. The van der Waals surface area contributed by atoms with Crippen molar-refractivity contribution in [3.63, 3.8) is 0 Å². The summed E-state index contributed by atoms with van der Waals surface area (Å²) in [6.07, 6.45) is 0. The molecule has 2 rings (SSSR count). The zero-order valence-electron chi connectivity index (χ0n) is 9.18. The van der Waals surface area contributed by atoms with Gasteiger partial charge in [-0.05, 0) is 40.4 Å². The Kier molecular flexibility index (Phi) is 4.51. The Morgan fingerprint density at radius 3 is 2.72 bits per heavy atom. The maximum atomic E-state index is 12.1. The third-order valence-corrected chi connectivity index (χ3v) is 7.73. The third kappa shape index (κ3) is 3.15. The molecule has 0 fully saturated rings. The van der Waals surface area contributed by atoms with Crippen molar-refractivity contribution in [3.8, 4) is 0 Å². The number of rotatable bonds is 4. The summed E-state index contributed by atoms with van der Waals surface area (Å²) < 4.78 is 27.7. The van der Waals surface area contributed by atoms with Gasteiger partial charge < -0.3 is 0 Å². The molecule has 0 aliphatic rings. The Morgan fingerprint density at radius 1 is 1.50 bits per heavy atom. The molecule has 0 aromatic carbocycles. The maximum Gasteiger partial charge on any atom is 0.250 e. The second-order valence-corrected chi connectivity index (χ2v) is 9.24. The topological polar surface area (TPSA) is 46.2 Å². The zero-order chi connectivity index (χ0) is 13.3. The molecule has 2 heterocycles. The molecule has 0 spiro atoms. The van der Waals surface area contributed by atoms with Crippen molar-refractivity contribution in [2.45, 2.75) is 17.2 Å². The first-order valence-corrected chi connectivity index (χ1v) is 9.26. The van der Waals surface area contributed by atoms with Gasteiger partial charge in [-0.3, -0.25) is 0 Å². The van der Waals surface area contributed by atoms with Crippen LogP contribution in [0.1, 0.15) is 17.8 Å². The summed E-state index contributed by atoms with van der Waals surface area (Å²) in [5.74, 6) is 0. The Morgan fingerprint density at radius 2 is 2.22 bits per heavy atom. The molecule has 0 aliphatic heterocycles. The van der Waals surface area contributed by atoms with Crippen LogP contribution in [0.4, 0.5) is 0 Å². The van der Waals surface area contributed by atoms with Crippen LogP contribution in [0, 0.1) is 0 Å². The van der Waals surface area contributed by atoms with Gasteiger partial charge in [-0.25, -0.2) is 13.1 Å². The fraction of sp³-hybridized carbons (Fsp3) is 0.200. The molecule has 0 bridgehead atoms. The summed E-state index contributed by atoms with van der Waals surface area (Å²) in [6, 6.07) is 4.98. The van der Waals surface area contributed by atoms with E-state index in [0.29, 0.717) is 8.81 Å².